The third-order valence-corrected chi connectivity index (χ3v) is 5.01. The molecule has 1 aliphatic rings. The van der Waals surface area contributed by atoms with Gasteiger partial charge in [-0.3, -0.25) is 4.79 Å². The molecule has 28 heavy (non-hydrogen) atoms. The molecule has 1 N–H and O–H groups in total. The van der Waals surface area contributed by atoms with Crippen molar-refractivity contribution in [3.05, 3.63) is 59.7 Å². The van der Waals surface area contributed by atoms with Crippen molar-refractivity contribution in [1.29, 1.82) is 0 Å². The lowest BCUT2D eigenvalue weighted by molar-refractivity contribution is -0.153. The van der Waals surface area contributed by atoms with Gasteiger partial charge in [-0.2, -0.15) is 0 Å². The van der Waals surface area contributed by atoms with Gasteiger partial charge in [0.2, 0.25) is 0 Å². The van der Waals surface area contributed by atoms with Crippen LogP contribution in [0.4, 0.5) is 4.79 Å². The molecular weight excluding hydrogens is 354 g/mol. The van der Waals surface area contributed by atoms with Crippen LogP contribution in [0, 0.1) is 5.41 Å². The maximum atomic E-state index is 12.2. The van der Waals surface area contributed by atoms with Gasteiger partial charge < -0.3 is 14.8 Å². The number of esters is 1. The monoisotopic (exact) mass is 381 g/mol. The minimum Gasteiger partial charge on any atom is -0.465 e. The number of benzene rings is 2. The topological polar surface area (TPSA) is 64.6 Å². The fourth-order valence-corrected chi connectivity index (χ4v) is 3.40. The number of ether oxygens (including phenoxy) is 2. The van der Waals surface area contributed by atoms with E-state index < -0.39 is 11.5 Å². The Morgan fingerprint density at radius 1 is 0.964 bits per heavy atom. The molecule has 1 aliphatic carbocycles. The van der Waals surface area contributed by atoms with Crippen LogP contribution >= 0.6 is 0 Å². The van der Waals surface area contributed by atoms with Crippen molar-refractivity contribution in [3.63, 3.8) is 0 Å². The first-order valence-corrected chi connectivity index (χ1v) is 9.70. The molecule has 0 bridgehead atoms. The molecule has 0 saturated carbocycles. The standard InChI is InChI=1S/C23H27NO4/c1-4-13-27-21(25)23(2,3)15-24-22(26)28-14-20-18-11-7-5-9-16(18)17-10-6-8-12-19(17)20/h5-12,20H,4,13-15H2,1-3H3,(H,24,26). The van der Waals surface area contributed by atoms with E-state index in [0.29, 0.717) is 6.61 Å². The van der Waals surface area contributed by atoms with Gasteiger partial charge in [-0.25, -0.2) is 4.79 Å². The molecule has 5 nitrogen and oxygen atoms in total. The van der Waals surface area contributed by atoms with E-state index in [0.717, 1.165) is 6.42 Å². The Kier molecular flexibility index (Phi) is 6.02. The average molecular weight is 381 g/mol. The first-order valence-electron chi connectivity index (χ1n) is 9.70. The maximum absolute atomic E-state index is 12.2. The predicted molar refractivity (Wildman–Crippen MR) is 108 cm³/mol. The lowest BCUT2D eigenvalue weighted by Gasteiger charge is -2.23. The molecule has 0 spiro atoms. The Bertz CT molecular complexity index is 814. The average Bonchev–Trinajstić information content (AvgIpc) is 3.03. The van der Waals surface area contributed by atoms with Crippen molar-refractivity contribution in [2.75, 3.05) is 19.8 Å². The van der Waals surface area contributed by atoms with Gasteiger partial charge in [0.1, 0.15) is 6.61 Å². The second kappa shape index (κ2) is 8.46. The summed E-state index contributed by atoms with van der Waals surface area (Å²) in [6.07, 6.45) is 0.236. The zero-order valence-electron chi connectivity index (χ0n) is 16.7. The quantitative estimate of drug-likeness (QED) is 0.717. The fourth-order valence-electron chi connectivity index (χ4n) is 3.40. The smallest absolute Gasteiger partial charge is 0.407 e. The molecule has 2 aromatic carbocycles. The van der Waals surface area contributed by atoms with E-state index in [2.05, 4.69) is 29.6 Å². The first-order chi connectivity index (χ1) is 13.4. The van der Waals surface area contributed by atoms with Crippen molar-refractivity contribution in [2.24, 2.45) is 5.41 Å². The lowest BCUT2D eigenvalue weighted by Crippen LogP contribution is -2.40. The second-order valence-corrected chi connectivity index (χ2v) is 7.70. The molecule has 3 rings (SSSR count). The number of amides is 1. The fraction of sp³-hybridized carbons (Fsp3) is 0.391. The Hall–Kier alpha value is -2.82. The molecule has 0 atom stereocenters. The van der Waals surface area contributed by atoms with Crippen LogP contribution in [0.3, 0.4) is 0 Å². The first kappa shape index (κ1) is 19.9. The predicted octanol–water partition coefficient (Wildman–Crippen LogP) is 4.50. The molecule has 1 amide bonds. The molecule has 0 radical (unpaired) electrons. The summed E-state index contributed by atoms with van der Waals surface area (Å²) < 4.78 is 10.7. The molecule has 0 unspecified atom stereocenters. The third kappa shape index (κ3) is 4.19. The lowest BCUT2D eigenvalue weighted by atomic mass is 9.94. The molecule has 5 heteroatoms. The molecule has 148 valence electrons. The summed E-state index contributed by atoms with van der Waals surface area (Å²) in [5.74, 6) is -0.311. The van der Waals surface area contributed by atoms with Crippen LogP contribution in [0.1, 0.15) is 44.2 Å². The van der Waals surface area contributed by atoms with Crippen LogP contribution in [-0.2, 0) is 14.3 Å². The van der Waals surface area contributed by atoms with E-state index in [1.807, 2.05) is 31.2 Å². The van der Waals surface area contributed by atoms with Crippen LogP contribution in [0.5, 0.6) is 0 Å². The normalized spacial score (nSPS) is 12.8. The molecule has 2 aromatic rings. The van der Waals surface area contributed by atoms with Crippen LogP contribution in [0.15, 0.2) is 48.5 Å². The van der Waals surface area contributed by atoms with Crippen LogP contribution in [0.2, 0.25) is 0 Å². The van der Waals surface area contributed by atoms with E-state index in [-0.39, 0.29) is 25.0 Å². The summed E-state index contributed by atoms with van der Waals surface area (Å²) >= 11 is 0. The van der Waals surface area contributed by atoms with Gasteiger partial charge in [0, 0.05) is 12.5 Å². The van der Waals surface area contributed by atoms with E-state index in [9.17, 15) is 9.59 Å². The number of nitrogens with one attached hydrogen (secondary N) is 1. The third-order valence-electron chi connectivity index (χ3n) is 5.01. The Balaban J connectivity index is 1.59. The molecule has 0 aliphatic heterocycles. The van der Waals surface area contributed by atoms with Crippen LogP contribution in [-0.4, -0.2) is 31.8 Å². The number of hydrogen-bond acceptors (Lipinski definition) is 4. The van der Waals surface area contributed by atoms with Gasteiger partial charge in [-0.05, 0) is 42.5 Å². The minimum absolute atomic E-state index is 0.0145. The minimum atomic E-state index is -0.805. The molecule has 0 aromatic heterocycles. The zero-order valence-corrected chi connectivity index (χ0v) is 16.7. The van der Waals surface area contributed by atoms with E-state index >= 15 is 0 Å². The SMILES string of the molecule is CCCOC(=O)C(C)(C)CNC(=O)OCC1c2ccccc2-c2ccccc21. The highest BCUT2D eigenvalue weighted by Gasteiger charge is 2.31. The summed E-state index contributed by atoms with van der Waals surface area (Å²) in [6.45, 7) is 6.22. The Morgan fingerprint density at radius 3 is 2.11 bits per heavy atom. The Labute approximate surface area is 166 Å². The van der Waals surface area contributed by atoms with E-state index in [1.54, 1.807) is 13.8 Å². The van der Waals surface area contributed by atoms with E-state index in [4.69, 9.17) is 9.47 Å². The number of rotatable bonds is 7. The summed E-state index contributed by atoms with van der Waals surface area (Å²) in [4.78, 5) is 24.3. The number of alkyl carbamates (subject to hydrolysis) is 1. The van der Waals surface area contributed by atoms with Crippen LogP contribution < -0.4 is 5.32 Å². The maximum Gasteiger partial charge on any atom is 0.407 e. The number of carbonyl (C=O) groups excluding carboxylic acids is 2. The highest BCUT2D eigenvalue weighted by molar-refractivity contribution is 5.79. The number of fused-ring (bicyclic) bond motifs is 3. The largest absolute Gasteiger partial charge is 0.465 e. The molecular formula is C23H27NO4. The summed E-state index contributed by atoms with van der Waals surface area (Å²) in [5, 5.41) is 2.69. The number of hydrogen-bond donors (Lipinski definition) is 1. The van der Waals surface area contributed by atoms with Gasteiger partial charge in [-0.15, -0.1) is 0 Å². The van der Waals surface area contributed by atoms with Crippen molar-refractivity contribution in [1.82, 2.24) is 5.32 Å². The van der Waals surface area contributed by atoms with Crippen LogP contribution in [0.25, 0.3) is 11.1 Å². The van der Waals surface area contributed by atoms with Gasteiger partial charge >= 0.3 is 12.1 Å². The van der Waals surface area contributed by atoms with Gasteiger partial charge in [0.25, 0.3) is 0 Å². The van der Waals surface area contributed by atoms with Gasteiger partial charge in [-0.1, -0.05) is 55.5 Å². The molecule has 0 heterocycles. The Morgan fingerprint density at radius 2 is 1.54 bits per heavy atom. The van der Waals surface area contributed by atoms with Crippen molar-refractivity contribution < 1.29 is 19.1 Å². The van der Waals surface area contributed by atoms with Crippen molar-refractivity contribution in [3.8, 4) is 11.1 Å². The summed E-state index contributed by atoms with van der Waals surface area (Å²) in [7, 11) is 0. The summed E-state index contributed by atoms with van der Waals surface area (Å²) in [6, 6.07) is 16.4. The van der Waals surface area contributed by atoms with Gasteiger partial charge in [0.15, 0.2) is 0 Å². The molecule has 0 fully saturated rings. The highest BCUT2D eigenvalue weighted by atomic mass is 16.5. The summed E-state index contributed by atoms with van der Waals surface area (Å²) in [5.41, 5.74) is 3.90. The highest BCUT2D eigenvalue weighted by Crippen LogP contribution is 2.44. The van der Waals surface area contributed by atoms with Crippen molar-refractivity contribution in [2.45, 2.75) is 33.1 Å². The zero-order chi connectivity index (χ0) is 20.1. The number of carbonyl (C=O) groups is 2. The molecule has 0 saturated heterocycles. The van der Waals surface area contributed by atoms with Crippen molar-refractivity contribution >= 4 is 12.1 Å². The second-order valence-electron chi connectivity index (χ2n) is 7.70. The van der Waals surface area contributed by atoms with Gasteiger partial charge in [0.05, 0.1) is 12.0 Å². The van der Waals surface area contributed by atoms with E-state index in [1.165, 1.54) is 22.3 Å².